The first-order chi connectivity index (χ1) is 9.69. The predicted octanol–water partition coefficient (Wildman–Crippen LogP) is 2.12. The normalized spacial score (nSPS) is 11.8. The van der Waals surface area contributed by atoms with Crippen LogP contribution in [0.25, 0.3) is 11.4 Å². The summed E-state index contributed by atoms with van der Waals surface area (Å²) >= 11 is 0. The number of hydrogen-bond acceptors (Lipinski definition) is 5. The van der Waals surface area contributed by atoms with Gasteiger partial charge in [0.2, 0.25) is 5.82 Å². The minimum absolute atomic E-state index is 0.0702. The molecule has 100 valence electrons. The molecule has 0 radical (unpaired) electrons. The maximum absolute atomic E-state index is 13.3. The quantitative estimate of drug-likeness (QED) is 0.800. The van der Waals surface area contributed by atoms with E-state index < -0.39 is 5.82 Å². The van der Waals surface area contributed by atoms with Crippen LogP contribution in [0.1, 0.15) is 25.2 Å². The minimum atomic E-state index is -0.582. The Morgan fingerprint density at radius 2 is 2.25 bits per heavy atom. The molecule has 0 N–H and O–H groups in total. The van der Waals surface area contributed by atoms with Gasteiger partial charge in [-0.15, -0.1) is 15.0 Å². The van der Waals surface area contributed by atoms with Gasteiger partial charge in [-0.1, -0.05) is 6.08 Å². The lowest BCUT2D eigenvalue weighted by Gasteiger charge is -1.99. The molecule has 6 nitrogen and oxygen atoms in total. The molecule has 7 heteroatoms. The number of allylic oxidation sites excluding steroid dienone is 1. The lowest BCUT2D eigenvalue weighted by atomic mass is 10.2. The first-order valence-corrected chi connectivity index (χ1v) is 5.85. The van der Waals surface area contributed by atoms with Crippen molar-refractivity contribution >= 4 is 11.9 Å². The van der Waals surface area contributed by atoms with Gasteiger partial charge in [0.25, 0.3) is 0 Å². The molecule has 0 spiro atoms. The van der Waals surface area contributed by atoms with Crippen LogP contribution in [-0.2, 0) is 0 Å². The van der Waals surface area contributed by atoms with Crippen molar-refractivity contribution in [2.75, 3.05) is 0 Å². The van der Waals surface area contributed by atoms with Crippen molar-refractivity contribution in [1.29, 1.82) is 5.26 Å². The molecule has 20 heavy (non-hydrogen) atoms. The number of nitrogens with zero attached hydrogens (tertiary/aromatic N) is 6. The molecule has 0 bridgehead atoms. The number of aromatic nitrogens is 4. The standard InChI is InChI=1S/C13H11FN6/c1-3-12(16-4-2)13-17-19-20(18-13)10-5-6-11(14)9(7-10)8-15/h3-7H,1-2H3/b12-3-,16-4?. The van der Waals surface area contributed by atoms with E-state index in [1.165, 1.54) is 23.0 Å². The van der Waals surface area contributed by atoms with Gasteiger partial charge >= 0.3 is 0 Å². The van der Waals surface area contributed by atoms with Crippen molar-refractivity contribution in [3.05, 3.63) is 41.5 Å². The first-order valence-electron chi connectivity index (χ1n) is 5.85. The van der Waals surface area contributed by atoms with Crippen LogP contribution in [0.4, 0.5) is 4.39 Å². The Labute approximate surface area is 114 Å². The third-order valence-electron chi connectivity index (χ3n) is 2.49. The van der Waals surface area contributed by atoms with Gasteiger partial charge < -0.3 is 0 Å². The maximum atomic E-state index is 13.3. The fourth-order valence-corrected chi connectivity index (χ4v) is 1.55. The summed E-state index contributed by atoms with van der Waals surface area (Å²) in [5, 5.41) is 20.7. The molecule has 0 fully saturated rings. The Morgan fingerprint density at radius 1 is 1.45 bits per heavy atom. The van der Waals surface area contributed by atoms with Crippen molar-refractivity contribution in [1.82, 2.24) is 20.2 Å². The number of rotatable bonds is 3. The highest BCUT2D eigenvalue weighted by atomic mass is 19.1. The van der Waals surface area contributed by atoms with E-state index in [4.69, 9.17) is 5.26 Å². The molecular formula is C13H11FN6. The van der Waals surface area contributed by atoms with Crippen LogP contribution in [0.2, 0.25) is 0 Å². The summed E-state index contributed by atoms with van der Waals surface area (Å²) < 4.78 is 13.3. The summed E-state index contributed by atoms with van der Waals surface area (Å²) in [7, 11) is 0. The smallest absolute Gasteiger partial charge is 0.223 e. The summed E-state index contributed by atoms with van der Waals surface area (Å²) in [5.41, 5.74) is 0.971. The van der Waals surface area contributed by atoms with E-state index in [-0.39, 0.29) is 5.56 Å². The van der Waals surface area contributed by atoms with Crippen LogP contribution in [0.5, 0.6) is 0 Å². The van der Waals surface area contributed by atoms with Crippen LogP contribution in [-0.4, -0.2) is 26.4 Å². The number of nitriles is 1. The average molecular weight is 270 g/mol. The molecular weight excluding hydrogens is 259 g/mol. The summed E-state index contributed by atoms with van der Waals surface area (Å²) in [5.74, 6) is -0.227. The zero-order valence-corrected chi connectivity index (χ0v) is 10.9. The number of tetrazole rings is 1. The number of benzene rings is 1. The van der Waals surface area contributed by atoms with Crippen molar-refractivity contribution in [3.8, 4) is 11.8 Å². The van der Waals surface area contributed by atoms with Crippen molar-refractivity contribution in [2.24, 2.45) is 4.99 Å². The van der Waals surface area contributed by atoms with Gasteiger partial charge in [0.1, 0.15) is 17.6 Å². The largest absolute Gasteiger partial charge is 0.258 e. The van der Waals surface area contributed by atoms with E-state index in [1.54, 1.807) is 25.3 Å². The van der Waals surface area contributed by atoms with E-state index in [1.807, 2.05) is 6.92 Å². The Hall–Kier alpha value is -2.88. The molecule has 2 rings (SSSR count). The Balaban J connectivity index is 2.41. The first kappa shape index (κ1) is 13.5. The Bertz CT molecular complexity index is 723. The van der Waals surface area contributed by atoms with Crippen LogP contribution >= 0.6 is 0 Å². The van der Waals surface area contributed by atoms with Gasteiger partial charge in [-0.25, -0.2) is 4.39 Å². The minimum Gasteiger partial charge on any atom is -0.258 e. The molecule has 0 unspecified atom stereocenters. The van der Waals surface area contributed by atoms with Gasteiger partial charge in [0, 0.05) is 6.21 Å². The highest BCUT2D eigenvalue weighted by Gasteiger charge is 2.10. The molecule has 0 aliphatic heterocycles. The Kier molecular flexibility index (Phi) is 3.96. The maximum Gasteiger partial charge on any atom is 0.223 e. The summed E-state index contributed by atoms with van der Waals surface area (Å²) in [4.78, 5) is 5.34. The average Bonchev–Trinajstić information content (AvgIpc) is 2.95. The SMILES string of the molecule is CC=N/C(=C\C)c1nnn(-c2ccc(F)c(C#N)c2)n1. The monoisotopic (exact) mass is 270 g/mol. The molecule has 0 aliphatic rings. The molecule has 0 saturated carbocycles. The topological polar surface area (TPSA) is 79.8 Å². The Morgan fingerprint density at radius 3 is 2.90 bits per heavy atom. The molecule has 0 saturated heterocycles. The second-order valence-corrected chi connectivity index (χ2v) is 3.74. The van der Waals surface area contributed by atoms with Gasteiger partial charge in [-0.2, -0.15) is 5.26 Å². The number of aliphatic imine (C=N–C) groups is 1. The third kappa shape index (κ3) is 2.59. The molecule has 1 aromatic carbocycles. The fraction of sp³-hybridized carbons (Fsp3) is 0.154. The van der Waals surface area contributed by atoms with E-state index in [2.05, 4.69) is 20.4 Å². The summed E-state index contributed by atoms with van der Waals surface area (Å²) in [6.45, 7) is 3.60. The molecule has 0 atom stereocenters. The van der Waals surface area contributed by atoms with Gasteiger partial charge in [0.15, 0.2) is 0 Å². The van der Waals surface area contributed by atoms with Crippen LogP contribution in [0, 0.1) is 17.1 Å². The highest BCUT2D eigenvalue weighted by molar-refractivity contribution is 5.69. The fourth-order valence-electron chi connectivity index (χ4n) is 1.55. The number of halogens is 1. The molecule has 0 aliphatic carbocycles. The highest BCUT2D eigenvalue weighted by Crippen LogP contribution is 2.14. The summed E-state index contributed by atoms with van der Waals surface area (Å²) in [6.07, 6.45) is 3.38. The summed E-state index contributed by atoms with van der Waals surface area (Å²) in [6, 6.07) is 5.79. The van der Waals surface area contributed by atoms with Crippen molar-refractivity contribution in [3.63, 3.8) is 0 Å². The van der Waals surface area contributed by atoms with Crippen LogP contribution < -0.4 is 0 Å². The second kappa shape index (κ2) is 5.84. The van der Waals surface area contributed by atoms with Crippen LogP contribution in [0.15, 0.2) is 29.3 Å². The lowest BCUT2D eigenvalue weighted by Crippen LogP contribution is -2.00. The van der Waals surface area contributed by atoms with E-state index in [0.29, 0.717) is 17.2 Å². The van der Waals surface area contributed by atoms with Crippen molar-refractivity contribution < 1.29 is 4.39 Å². The predicted molar refractivity (Wildman–Crippen MR) is 71.6 cm³/mol. The number of hydrogen-bond donors (Lipinski definition) is 0. The van der Waals surface area contributed by atoms with Crippen LogP contribution in [0.3, 0.4) is 0 Å². The van der Waals surface area contributed by atoms with E-state index in [0.717, 1.165) is 0 Å². The van der Waals surface area contributed by atoms with Gasteiger partial charge in [-0.3, -0.25) is 4.99 Å². The zero-order chi connectivity index (χ0) is 14.5. The third-order valence-corrected chi connectivity index (χ3v) is 2.49. The lowest BCUT2D eigenvalue weighted by molar-refractivity contribution is 0.621. The molecule has 0 amide bonds. The van der Waals surface area contributed by atoms with Gasteiger partial charge in [0.05, 0.1) is 11.3 Å². The second-order valence-electron chi connectivity index (χ2n) is 3.74. The molecule has 2 aromatic rings. The van der Waals surface area contributed by atoms with Gasteiger partial charge in [-0.05, 0) is 37.3 Å². The zero-order valence-electron chi connectivity index (χ0n) is 10.9. The molecule has 1 aromatic heterocycles. The molecule has 1 heterocycles. The van der Waals surface area contributed by atoms with Crippen molar-refractivity contribution in [2.45, 2.75) is 13.8 Å². The van der Waals surface area contributed by atoms with E-state index in [9.17, 15) is 4.39 Å². The van der Waals surface area contributed by atoms with E-state index >= 15 is 0 Å².